The lowest BCUT2D eigenvalue weighted by molar-refractivity contribution is -0.870. The maximum Gasteiger partial charge on any atom is 0.472 e. The van der Waals surface area contributed by atoms with Crippen LogP contribution in [0.15, 0.2) is 85.1 Å². The average Bonchev–Trinajstić information content (AvgIpc) is 3.39. The smallest absolute Gasteiger partial charge is 0.456 e. The SMILES string of the molecule is CC/C=C\C/C=C\C/C=C\C/C=C\C/C=C\C/C=C\CCCCCCCCC(=O)NC(COP(=O)(O)OCC[N+](C)(C)C)C(/C=C\CCCCCCCCCCCCC)OC(=O)CCCCCCCCCCCCCCC. The highest BCUT2D eigenvalue weighted by Gasteiger charge is 2.30. The van der Waals surface area contributed by atoms with Crippen molar-refractivity contribution < 1.29 is 37.3 Å². The van der Waals surface area contributed by atoms with Crippen LogP contribution in [0.5, 0.6) is 0 Å². The Labute approximate surface area is 476 Å². The van der Waals surface area contributed by atoms with Gasteiger partial charge in [-0.2, -0.15) is 0 Å². The molecule has 77 heavy (non-hydrogen) atoms. The van der Waals surface area contributed by atoms with Gasteiger partial charge in [-0.05, 0) is 83.1 Å². The Balaban J connectivity index is 5.21. The molecule has 1 amide bonds. The van der Waals surface area contributed by atoms with Gasteiger partial charge < -0.3 is 19.4 Å². The summed E-state index contributed by atoms with van der Waals surface area (Å²) in [5.41, 5.74) is 0. The molecule has 0 aliphatic carbocycles. The minimum atomic E-state index is -4.46. The predicted molar refractivity (Wildman–Crippen MR) is 332 cm³/mol. The summed E-state index contributed by atoms with van der Waals surface area (Å²) in [6.45, 7) is 6.90. The predicted octanol–water partition coefficient (Wildman–Crippen LogP) is 19.8. The molecule has 0 saturated carbocycles. The zero-order valence-electron chi connectivity index (χ0n) is 50.9. The number of quaternary nitrogens is 1. The molecule has 0 bridgehead atoms. The second-order valence-corrected chi connectivity index (χ2v) is 24.0. The Morgan fingerprint density at radius 2 is 0.831 bits per heavy atom. The van der Waals surface area contributed by atoms with Crippen molar-refractivity contribution in [3.05, 3.63) is 85.1 Å². The van der Waals surface area contributed by atoms with Crippen LogP contribution >= 0.6 is 7.82 Å². The summed E-state index contributed by atoms with van der Waals surface area (Å²) in [7, 11) is 1.48. The zero-order valence-corrected chi connectivity index (χ0v) is 51.8. The van der Waals surface area contributed by atoms with Crippen molar-refractivity contribution in [2.24, 2.45) is 0 Å². The Bertz CT molecular complexity index is 1590. The molecule has 0 fully saturated rings. The normalized spacial score (nSPS) is 14.2. The number of esters is 1. The monoisotopic (exact) mass is 1100 g/mol. The summed E-state index contributed by atoms with van der Waals surface area (Å²) in [6, 6.07) is -0.858. The average molecular weight is 1100 g/mol. The van der Waals surface area contributed by atoms with Crippen molar-refractivity contribution in [3.8, 4) is 0 Å². The molecule has 0 radical (unpaired) electrons. The number of rotatable bonds is 57. The van der Waals surface area contributed by atoms with Gasteiger partial charge in [0.15, 0.2) is 0 Å². The van der Waals surface area contributed by atoms with E-state index in [1.807, 2.05) is 33.3 Å². The quantitative estimate of drug-likeness (QED) is 0.0205. The van der Waals surface area contributed by atoms with Crippen LogP contribution in [0.3, 0.4) is 0 Å². The lowest BCUT2D eigenvalue weighted by atomic mass is 10.0. The standard InChI is InChI=1S/C67H121N2O7P/c1-7-10-13-16-19-22-25-28-29-30-31-32-33-34-35-36-37-38-39-42-44-47-50-53-56-59-66(70)68-64(63-75-77(72,73)74-62-61-69(4,5)6)65(58-55-52-49-46-43-40-26-23-20-17-14-11-8-2)76-67(71)60-57-54-51-48-45-41-27-24-21-18-15-12-9-3/h10,13,19,22,28-29,31-32,34-35,37-38,55,58,64-65H,7-9,11-12,14-18,20-21,23-27,30,33,36,39-54,56-57,59-63H2,1-6H3,(H-,68,70,72,73)/p+1/b13-10-,22-19-,29-28-,32-31-,35-34-,38-37-,58-55-. The number of allylic oxidation sites excluding steroid dienone is 13. The topological polar surface area (TPSA) is 111 Å². The summed E-state index contributed by atoms with van der Waals surface area (Å²) in [5, 5.41) is 3.05. The number of ether oxygens (including phenoxy) is 1. The second-order valence-electron chi connectivity index (χ2n) is 22.6. The van der Waals surface area contributed by atoms with E-state index in [4.69, 9.17) is 13.8 Å². The van der Waals surface area contributed by atoms with E-state index in [0.29, 0.717) is 17.4 Å². The van der Waals surface area contributed by atoms with Crippen LogP contribution < -0.4 is 5.32 Å². The van der Waals surface area contributed by atoms with Gasteiger partial charge in [0, 0.05) is 12.8 Å². The summed E-state index contributed by atoms with van der Waals surface area (Å²) in [6.07, 6.45) is 74.3. The molecular formula is C67H122N2O7P+. The second kappa shape index (κ2) is 56.5. The summed E-state index contributed by atoms with van der Waals surface area (Å²) in [4.78, 5) is 37.7. The molecule has 3 atom stereocenters. The van der Waals surface area contributed by atoms with Gasteiger partial charge in [0.1, 0.15) is 19.3 Å². The Hall–Kier alpha value is -2.81. The van der Waals surface area contributed by atoms with E-state index in [9.17, 15) is 19.0 Å². The molecule has 0 aromatic heterocycles. The number of amides is 1. The number of phosphoric ester groups is 1. The molecule has 10 heteroatoms. The third-order valence-corrected chi connectivity index (χ3v) is 14.8. The highest BCUT2D eigenvalue weighted by atomic mass is 31.2. The Morgan fingerprint density at radius 1 is 0.468 bits per heavy atom. The van der Waals surface area contributed by atoms with E-state index < -0.39 is 20.0 Å². The largest absolute Gasteiger partial charge is 0.472 e. The molecule has 0 heterocycles. The fraction of sp³-hybridized carbons (Fsp3) is 0.761. The summed E-state index contributed by atoms with van der Waals surface area (Å²) in [5.74, 6) is -0.518. The van der Waals surface area contributed by atoms with Gasteiger partial charge in [-0.3, -0.25) is 18.6 Å². The molecule has 0 aromatic rings. The first-order chi connectivity index (χ1) is 37.4. The zero-order chi connectivity index (χ0) is 56.4. The van der Waals surface area contributed by atoms with E-state index in [-0.39, 0.29) is 31.5 Å². The van der Waals surface area contributed by atoms with Gasteiger partial charge in [0.2, 0.25) is 5.91 Å². The number of nitrogens with one attached hydrogen (secondary N) is 1. The maximum absolute atomic E-state index is 13.6. The third kappa shape index (κ3) is 57.7. The molecule has 0 saturated heterocycles. The van der Waals surface area contributed by atoms with Crippen LogP contribution in [-0.2, 0) is 27.9 Å². The number of unbranched alkanes of at least 4 members (excludes halogenated alkanes) is 29. The van der Waals surface area contributed by atoms with Crippen molar-refractivity contribution in [2.45, 2.75) is 290 Å². The highest BCUT2D eigenvalue weighted by Crippen LogP contribution is 2.43. The first-order valence-corrected chi connectivity index (χ1v) is 33.4. The molecule has 0 aliphatic rings. The molecule has 9 nitrogen and oxygen atoms in total. The molecule has 0 aliphatic heterocycles. The van der Waals surface area contributed by atoms with E-state index in [1.54, 1.807) is 0 Å². The molecule has 2 N–H and O–H groups in total. The fourth-order valence-electron chi connectivity index (χ4n) is 8.94. The number of nitrogens with zero attached hydrogens (tertiary/aromatic N) is 1. The third-order valence-electron chi connectivity index (χ3n) is 13.8. The van der Waals surface area contributed by atoms with E-state index in [0.717, 1.165) is 122 Å². The van der Waals surface area contributed by atoms with Gasteiger partial charge in [-0.1, -0.05) is 267 Å². The Kier molecular flexibility index (Phi) is 54.4. The molecule has 0 rings (SSSR count). The van der Waals surface area contributed by atoms with Crippen molar-refractivity contribution in [1.82, 2.24) is 5.32 Å². The molecule has 3 unspecified atom stereocenters. The van der Waals surface area contributed by atoms with Gasteiger partial charge in [0.25, 0.3) is 0 Å². The molecule has 0 spiro atoms. The molecule has 446 valence electrons. The number of hydrogen-bond donors (Lipinski definition) is 2. The van der Waals surface area contributed by atoms with Crippen molar-refractivity contribution in [3.63, 3.8) is 0 Å². The maximum atomic E-state index is 13.6. The number of hydrogen-bond acceptors (Lipinski definition) is 6. The summed E-state index contributed by atoms with van der Waals surface area (Å²) < 4.78 is 30.7. The van der Waals surface area contributed by atoms with E-state index in [1.165, 1.54) is 122 Å². The van der Waals surface area contributed by atoms with Gasteiger partial charge in [0.05, 0.1) is 33.8 Å². The van der Waals surface area contributed by atoms with Crippen molar-refractivity contribution in [2.75, 3.05) is 40.9 Å². The number of phosphoric acid groups is 1. The van der Waals surface area contributed by atoms with Crippen LogP contribution in [0.25, 0.3) is 0 Å². The molecule has 0 aromatic carbocycles. The van der Waals surface area contributed by atoms with Crippen LogP contribution in [0.2, 0.25) is 0 Å². The lowest BCUT2D eigenvalue weighted by Gasteiger charge is -2.27. The van der Waals surface area contributed by atoms with Crippen molar-refractivity contribution in [1.29, 1.82) is 0 Å². The Morgan fingerprint density at radius 3 is 1.25 bits per heavy atom. The van der Waals surface area contributed by atoms with E-state index >= 15 is 0 Å². The van der Waals surface area contributed by atoms with Crippen LogP contribution in [0, 0.1) is 0 Å². The number of carbonyl (C=O) groups is 2. The number of likely N-dealkylation sites (N-methyl/N-ethyl adjacent to an activating group) is 1. The fourth-order valence-corrected chi connectivity index (χ4v) is 9.68. The highest BCUT2D eigenvalue weighted by molar-refractivity contribution is 7.47. The first-order valence-electron chi connectivity index (χ1n) is 31.9. The summed E-state index contributed by atoms with van der Waals surface area (Å²) >= 11 is 0. The van der Waals surface area contributed by atoms with Crippen LogP contribution in [0.1, 0.15) is 278 Å². The van der Waals surface area contributed by atoms with Crippen LogP contribution in [0.4, 0.5) is 0 Å². The number of carbonyl (C=O) groups excluding carboxylic acids is 2. The minimum Gasteiger partial charge on any atom is -0.456 e. The van der Waals surface area contributed by atoms with Gasteiger partial charge >= 0.3 is 13.8 Å². The first kappa shape index (κ1) is 74.2. The van der Waals surface area contributed by atoms with Crippen molar-refractivity contribution >= 4 is 19.7 Å². The van der Waals surface area contributed by atoms with Gasteiger partial charge in [-0.15, -0.1) is 0 Å². The molecular weight excluding hydrogens is 976 g/mol. The van der Waals surface area contributed by atoms with E-state index in [2.05, 4.69) is 99.0 Å². The minimum absolute atomic E-state index is 0.0349. The van der Waals surface area contributed by atoms with Gasteiger partial charge in [-0.25, -0.2) is 4.57 Å². The van der Waals surface area contributed by atoms with Crippen LogP contribution in [-0.4, -0.2) is 74.3 Å². The lowest BCUT2D eigenvalue weighted by Crippen LogP contribution is -2.47.